The first-order valence-corrected chi connectivity index (χ1v) is 11.5. The summed E-state index contributed by atoms with van der Waals surface area (Å²) >= 11 is 8.07. The molecule has 9 heteroatoms. The molecule has 0 bridgehead atoms. The molecule has 2 heterocycles. The summed E-state index contributed by atoms with van der Waals surface area (Å²) in [5, 5.41) is 10.6. The second-order valence-corrected chi connectivity index (χ2v) is 9.40. The lowest BCUT2D eigenvalue weighted by atomic mass is 10.0. The third kappa shape index (κ3) is 5.54. The van der Waals surface area contributed by atoms with E-state index in [1.165, 1.54) is 35.2 Å². The Morgan fingerprint density at radius 1 is 1.27 bits per heavy atom. The van der Waals surface area contributed by atoms with Gasteiger partial charge in [0, 0.05) is 24.4 Å². The summed E-state index contributed by atoms with van der Waals surface area (Å²) in [7, 11) is 0. The molecular weight excluding hydrogens is 443 g/mol. The molecule has 1 aliphatic rings. The third-order valence-corrected chi connectivity index (χ3v) is 6.90. The van der Waals surface area contributed by atoms with Crippen molar-refractivity contribution in [3.8, 4) is 11.1 Å². The molecule has 1 aromatic carbocycles. The number of unbranched alkanes of at least 4 members (excludes halogenated alkanes) is 2. The SMILES string of the molecule is NCc1ccc(F)cc1-c1csc(C=C2SC(=S)N(CCCCCC(=O)O)C2=O)c1. The smallest absolute Gasteiger partial charge is 0.303 e. The van der Waals surface area contributed by atoms with Crippen LogP contribution in [0.3, 0.4) is 0 Å². The molecule has 1 aliphatic heterocycles. The van der Waals surface area contributed by atoms with Gasteiger partial charge in [-0.25, -0.2) is 4.39 Å². The van der Waals surface area contributed by atoms with Gasteiger partial charge in [0.25, 0.3) is 5.91 Å². The van der Waals surface area contributed by atoms with Crippen LogP contribution in [0.25, 0.3) is 17.2 Å². The van der Waals surface area contributed by atoms with Crippen LogP contribution in [-0.2, 0) is 16.1 Å². The number of carbonyl (C=O) groups is 2. The van der Waals surface area contributed by atoms with Crippen LogP contribution in [0.15, 0.2) is 34.6 Å². The van der Waals surface area contributed by atoms with Crippen molar-refractivity contribution >= 4 is 57.6 Å². The molecule has 1 saturated heterocycles. The highest BCUT2D eigenvalue weighted by Gasteiger charge is 2.31. The molecule has 1 fully saturated rings. The molecule has 0 spiro atoms. The van der Waals surface area contributed by atoms with Crippen molar-refractivity contribution in [1.82, 2.24) is 4.90 Å². The van der Waals surface area contributed by atoms with Crippen LogP contribution < -0.4 is 5.73 Å². The standard InChI is InChI=1S/C21H21FN2O3S3/c22-15-6-5-13(11-23)17(9-15)14-8-16(29-12-14)10-18-20(27)24(21(28)30-18)7-3-1-2-4-19(25)26/h5-6,8-10,12H,1-4,7,11,23H2,(H,25,26). The lowest BCUT2D eigenvalue weighted by molar-refractivity contribution is -0.137. The number of hydrogen-bond acceptors (Lipinski definition) is 6. The molecule has 5 nitrogen and oxygen atoms in total. The van der Waals surface area contributed by atoms with Crippen LogP contribution >= 0.6 is 35.3 Å². The predicted octanol–water partition coefficient (Wildman–Crippen LogP) is 4.86. The lowest BCUT2D eigenvalue weighted by Gasteiger charge is -2.13. The zero-order valence-corrected chi connectivity index (χ0v) is 18.5. The quantitative estimate of drug-likeness (QED) is 0.313. The number of halogens is 1. The molecule has 0 aliphatic carbocycles. The van der Waals surface area contributed by atoms with Gasteiger partial charge in [0.2, 0.25) is 0 Å². The third-order valence-electron chi connectivity index (χ3n) is 4.64. The maximum atomic E-state index is 13.7. The Morgan fingerprint density at radius 3 is 2.80 bits per heavy atom. The predicted molar refractivity (Wildman–Crippen MR) is 124 cm³/mol. The van der Waals surface area contributed by atoms with E-state index >= 15 is 0 Å². The number of rotatable bonds is 9. The van der Waals surface area contributed by atoms with E-state index in [0.29, 0.717) is 35.2 Å². The van der Waals surface area contributed by atoms with Crippen molar-refractivity contribution < 1.29 is 19.1 Å². The number of thioether (sulfide) groups is 1. The van der Waals surface area contributed by atoms with Gasteiger partial charge in [-0.1, -0.05) is 36.5 Å². The summed E-state index contributed by atoms with van der Waals surface area (Å²) in [4.78, 5) is 26.3. The van der Waals surface area contributed by atoms with Crippen molar-refractivity contribution in [3.63, 3.8) is 0 Å². The van der Waals surface area contributed by atoms with E-state index < -0.39 is 5.97 Å². The van der Waals surface area contributed by atoms with E-state index in [4.69, 9.17) is 23.1 Å². The first-order chi connectivity index (χ1) is 14.4. The Hall–Kier alpha value is -2.07. The number of carboxylic acids is 1. The average Bonchev–Trinajstić information content (AvgIpc) is 3.27. The van der Waals surface area contributed by atoms with E-state index in [1.54, 1.807) is 17.0 Å². The Labute approximate surface area is 187 Å². The van der Waals surface area contributed by atoms with Gasteiger partial charge in [0.1, 0.15) is 10.1 Å². The summed E-state index contributed by atoms with van der Waals surface area (Å²) in [5.74, 6) is -1.26. The Kier molecular flexibility index (Phi) is 7.76. The highest BCUT2D eigenvalue weighted by molar-refractivity contribution is 8.26. The zero-order valence-electron chi connectivity index (χ0n) is 16.1. The molecule has 0 unspecified atom stereocenters. The number of nitrogens with two attached hydrogens (primary N) is 1. The molecule has 0 saturated carbocycles. The molecule has 1 aromatic heterocycles. The van der Waals surface area contributed by atoms with E-state index in [0.717, 1.165) is 28.0 Å². The molecule has 30 heavy (non-hydrogen) atoms. The molecule has 3 rings (SSSR count). The van der Waals surface area contributed by atoms with Crippen molar-refractivity contribution in [3.05, 3.63) is 50.8 Å². The Morgan fingerprint density at radius 2 is 2.07 bits per heavy atom. The van der Waals surface area contributed by atoms with E-state index in [-0.39, 0.29) is 18.1 Å². The van der Waals surface area contributed by atoms with Crippen LogP contribution in [-0.4, -0.2) is 32.7 Å². The number of carboxylic acid groups (broad SMARTS) is 1. The molecule has 0 radical (unpaired) electrons. The van der Waals surface area contributed by atoms with Gasteiger partial charge in [0.15, 0.2) is 0 Å². The molecule has 0 atom stereocenters. The fourth-order valence-electron chi connectivity index (χ4n) is 3.11. The Bertz CT molecular complexity index is 1000. The van der Waals surface area contributed by atoms with Crippen LogP contribution in [0.5, 0.6) is 0 Å². The average molecular weight is 465 g/mol. The van der Waals surface area contributed by atoms with Gasteiger partial charge < -0.3 is 10.8 Å². The summed E-state index contributed by atoms with van der Waals surface area (Å²) < 4.78 is 14.2. The number of benzene rings is 1. The first-order valence-electron chi connectivity index (χ1n) is 9.43. The zero-order chi connectivity index (χ0) is 21.7. The van der Waals surface area contributed by atoms with E-state index in [1.807, 2.05) is 11.4 Å². The topological polar surface area (TPSA) is 83.6 Å². The van der Waals surface area contributed by atoms with Crippen molar-refractivity contribution in [1.29, 1.82) is 0 Å². The van der Waals surface area contributed by atoms with E-state index in [9.17, 15) is 14.0 Å². The van der Waals surface area contributed by atoms with Crippen molar-refractivity contribution in [2.75, 3.05) is 6.54 Å². The maximum absolute atomic E-state index is 13.7. The minimum atomic E-state index is -0.810. The van der Waals surface area contributed by atoms with Crippen LogP contribution in [0, 0.1) is 5.82 Å². The lowest BCUT2D eigenvalue weighted by Crippen LogP contribution is -2.29. The number of amides is 1. The molecule has 158 valence electrons. The second kappa shape index (κ2) is 10.3. The number of hydrogen-bond donors (Lipinski definition) is 2. The van der Waals surface area contributed by atoms with Gasteiger partial charge in [-0.3, -0.25) is 14.5 Å². The van der Waals surface area contributed by atoms with Gasteiger partial charge in [0.05, 0.1) is 4.91 Å². The monoisotopic (exact) mass is 464 g/mol. The minimum absolute atomic E-state index is 0.133. The summed E-state index contributed by atoms with van der Waals surface area (Å²) in [6.45, 7) is 0.798. The Balaban J connectivity index is 1.68. The molecule has 3 N–H and O–H groups in total. The first kappa shape index (κ1) is 22.6. The van der Waals surface area contributed by atoms with Gasteiger partial charge >= 0.3 is 5.97 Å². The van der Waals surface area contributed by atoms with Crippen molar-refractivity contribution in [2.24, 2.45) is 5.73 Å². The fourth-order valence-corrected chi connectivity index (χ4v) is 5.32. The summed E-state index contributed by atoms with van der Waals surface area (Å²) in [6.07, 6.45) is 3.96. The molecule has 1 amide bonds. The normalized spacial score (nSPS) is 15.4. The highest BCUT2D eigenvalue weighted by Crippen LogP contribution is 2.35. The van der Waals surface area contributed by atoms with Gasteiger partial charge in [-0.2, -0.15) is 0 Å². The van der Waals surface area contributed by atoms with Gasteiger partial charge in [-0.05, 0) is 59.2 Å². The number of thiophene rings is 1. The number of aliphatic carboxylic acids is 1. The number of carbonyl (C=O) groups excluding carboxylic acids is 1. The second-order valence-electron chi connectivity index (χ2n) is 6.78. The maximum Gasteiger partial charge on any atom is 0.303 e. The van der Waals surface area contributed by atoms with E-state index in [2.05, 4.69) is 0 Å². The summed E-state index contributed by atoms with van der Waals surface area (Å²) in [6, 6.07) is 6.46. The number of nitrogens with zero attached hydrogens (tertiary/aromatic N) is 1. The summed E-state index contributed by atoms with van der Waals surface area (Å²) in [5.41, 5.74) is 8.24. The fraction of sp³-hybridized carbons (Fsp3) is 0.286. The van der Waals surface area contributed by atoms with Crippen LogP contribution in [0.2, 0.25) is 0 Å². The molecular formula is C21H21FN2O3S3. The number of thiocarbonyl (C=S) groups is 1. The van der Waals surface area contributed by atoms with Crippen LogP contribution in [0.4, 0.5) is 4.39 Å². The van der Waals surface area contributed by atoms with Crippen LogP contribution in [0.1, 0.15) is 36.1 Å². The minimum Gasteiger partial charge on any atom is -0.481 e. The largest absolute Gasteiger partial charge is 0.481 e. The molecule has 2 aromatic rings. The van der Waals surface area contributed by atoms with Crippen molar-refractivity contribution in [2.45, 2.75) is 32.2 Å². The van der Waals surface area contributed by atoms with Gasteiger partial charge in [-0.15, -0.1) is 11.3 Å². The highest BCUT2D eigenvalue weighted by atomic mass is 32.2.